The minimum atomic E-state index is -6.32. The zero-order chi connectivity index (χ0) is 24.0. The highest BCUT2D eigenvalue weighted by molar-refractivity contribution is 7.96. The molecule has 4 bridgehead atoms. The van der Waals surface area contributed by atoms with Crippen LogP contribution in [-0.4, -0.2) is 53.0 Å². The number of hydrogen-bond donors (Lipinski definition) is 1. The van der Waals surface area contributed by atoms with Gasteiger partial charge >= 0.3 is 29.0 Å². The Morgan fingerprint density at radius 2 is 1.56 bits per heavy atom. The number of ether oxygens (including phenoxy) is 2. The largest absolute Gasteiger partial charge is 0.691 e. The van der Waals surface area contributed by atoms with E-state index in [0.717, 1.165) is 6.42 Å². The topological polar surface area (TPSA) is 114 Å². The lowest BCUT2D eigenvalue weighted by atomic mass is 9.48. The first kappa shape index (κ1) is 25.3. The van der Waals surface area contributed by atoms with Gasteiger partial charge < -0.3 is 19.8 Å². The van der Waals surface area contributed by atoms with Crippen molar-refractivity contribution in [3.63, 3.8) is 0 Å². The molecule has 4 rings (SSSR count). The lowest BCUT2D eigenvalue weighted by Crippen LogP contribution is -2.60. The molecular formula is C17H19F6O8S-. The highest BCUT2D eigenvalue weighted by Crippen LogP contribution is 2.61. The minimum absolute atomic E-state index is 0.204. The molecule has 2 unspecified atom stereocenters. The maximum Gasteiger partial charge on any atom is 0.425 e. The Labute approximate surface area is 181 Å². The summed E-state index contributed by atoms with van der Waals surface area (Å²) in [5.41, 5.74) is -1.40. The molecule has 4 aliphatic carbocycles. The lowest BCUT2D eigenvalue weighted by Gasteiger charge is -2.59. The van der Waals surface area contributed by atoms with Gasteiger partial charge in [0.25, 0.3) is 0 Å². The van der Waals surface area contributed by atoms with E-state index in [2.05, 4.69) is 14.1 Å². The van der Waals surface area contributed by atoms with Gasteiger partial charge in [-0.05, 0) is 50.4 Å². The lowest BCUT2D eigenvalue weighted by molar-refractivity contribution is -0.777. The molecule has 0 aliphatic heterocycles. The predicted octanol–water partition coefficient (Wildman–Crippen LogP) is 2.14. The fraction of sp³-hybridized carbons (Fsp3) is 0.882. The normalized spacial score (nSPS) is 32.1. The van der Waals surface area contributed by atoms with Crippen LogP contribution in [0, 0.1) is 17.3 Å². The van der Waals surface area contributed by atoms with Crippen molar-refractivity contribution < 1.29 is 65.1 Å². The molecule has 0 radical (unpaired) electrons. The predicted molar refractivity (Wildman–Crippen MR) is 88.6 cm³/mol. The van der Waals surface area contributed by atoms with Crippen LogP contribution in [0.2, 0.25) is 0 Å². The average Bonchev–Trinajstić information content (AvgIpc) is 2.61. The van der Waals surface area contributed by atoms with Gasteiger partial charge in [0.1, 0.15) is 0 Å². The maximum absolute atomic E-state index is 13.2. The molecule has 4 saturated carbocycles. The van der Waals surface area contributed by atoms with Crippen molar-refractivity contribution in [2.45, 2.75) is 61.2 Å². The third-order valence-corrected chi connectivity index (χ3v) is 7.29. The molecular weight excluding hydrogens is 478 g/mol. The van der Waals surface area contributed by atoms with Crippen LogP contribution in [0.5, 0.6) is 0 Å². The fourth-order valence-electron chi connectivity index (χ4n) is 5.66. The first-order chi connectivity index (χ1) is 14.7. The summed E-state index contributed by atoms with van der Waals surface area (Å²) in [5.74, 6) is -3.79. The van der Waals surface area contributed by atoms with Crippen molar-refractivity contribution in [3.8, 4) is 0 Å². The van der Waals surface area contributed by atoms with E-state index in [1.165, 1.54) is 0 Å². The molecule has 4 aliphatic rings. The Morgan fingerprint density at radius 1 is 1.00 bits per heavy atom. The molecule has 0 aromatic heterocycles. The van der Waals surface area contributed by atoms with Crippen LogP contribution in [0.4, 0.5) is 26.3 Å². The third-order valence-electron chi connectivity index (χ3n) is 6.28. The monoisotopic (exact) mass is 497 g/mol. The second kappa shape index (κ2) is 8.49. The number of hydrogen-bond acceptors (Lipinski definition) is 9. The quantitative estimate of drug-likeness (QED) is 0.177. The number of alkyl halides is 6. The van der Waals surface area contributed by atoms with Gasteiger partial charge in [-0.2, -0.15) is 30.7 Å². The van der Waals surface area contributed by atoms with Crippen molar-refractivity contribution in [2.75, 3.05) is 13.2 Å². The zero-order valence-corrected chi connectivity index (χ0v) is 17.1. The Bertz CT molecular complexity index is 714. The fourth-order valence-corrected chi connectivity index (χ4v) is 6.10. The number of rotatable bonds is 8. The molecule has 0 heterocycles. The van der Waals surface area contributed by atoms with E-state index in [0.29, 0.717) is 32.1 Å². The summed E-state index contributed by atoms with van der Waals surface area (Å²) in [6, 6.07) is 0. The van der Waals surface area contributed by atoms with Gasteiger partial charge in [0, 0.05) is 5.41 Å². The first-order valence-electron chi connectivity index (χ1n) is 9.48. The number of carbonyl (C=O) groups excluding carboxylic acids is 2. The third kappa shape index (κ3) is 4.67. The molecule has 0 amide bonds. The van der Waals surface area contributed by atoms with E-state index in [1.54, 1.807) is 0 Å². The molecule has 0 spiro atoms. The van der Waals surface area contributed by atoms with E-state index in [1.807, 2.05) is 0 Å². The van der Waals surface area contributed by atoms with Gasteiger partial charge in [-0.3, -0.25) is 5.04 Å². The molecule has 8 nitrogen and oxygen atoms in total. The highest BCUT2D eigenvalue weighted by atomic mass is 32.2. The Balaban J connectivity index is 1.61. The summed E-state index contributed by atoms with van der Waals surface area (Å²) in [5, 5.41) is 22.9. The molecule has 0 aromatic carbocycles. The van der Waals surface area contributed by atoms with Crippen molar-refractivity contribution in [1.82, 2.24) is 0 Å². The van der Waals surface area contributed by atoms with E-state index in [-0.39, 0.29) is 18.4 Å². The van der Waals surface area contributed by atoms with Crippen molar-refractivity contribution in [1.29, 1.82) is 0 Å². The van der Waals surface area contributed by atoms with Crippen molar-refractivity contribution in [3.05, 3.63) is 0 Å². The molecule has 1 N–H and O–H groups in total. The molecule has 15 heteroatoms. The molecule has 2 atom stereocenters. The van der Waals surface area contributed by atoms with Crippen molar-refractivity contribution in [2.24, 2.45) is 17.3 Å². The highest BCUT2D eigenvalue weighted by Gasteiger charge is 2.79. The molecule has 32 heavy (non-hydrogen) atoms. The molecule has 184 valence electrons. The summed E-state index contributed by atoms with van der Waals surface area (Å²) in [4.78, 5) is 23.7. The van der Waals surface area contributed by atoms with Crippen LogP contribution < -0.4 is 5.26 Å². The number of carbonyl (C=O) groups is 2. The zero-order valence-electron chi connectivity index (χ0n) is 16.3. The Hall–Kier alpha value is -1.29. The average molecular weight is 497 g/mol. The van der Waals surface area contributed by atoms with E-state index >= 15 is 0 Å². The first-order valence-corrected chi connectivity index (χ1v) is 10.2. The van der Waals surface area contributed by atoms with E-state index in [4.69, 9.17) is 4.74 Å². The summed E-state index contributed by atoms with van der Waals surface area (Å²) in [6.07, 6.45) is -8.69. The van der Waals surface area contributed by atoms with Crippen LogP contribution in [0.15, 0.2) is 0 Å². The SMILES string of the molecule is O=C(COC(=O)C(SOO[O-])(C(F)(F)F)C(F)(F)F)OCC12CC3CC(CC(O)(C3)C1)C2. The number of aliphatic hydroxyl groups is 1. The van der Waals surface area contributed by atoms with E-state index < -0.39 is 58.7 Å². The smallest absolute Gasteiger partial charge is 0.425 e. The van der Waals surface area contributed by atoms with Crippen LogP contribution in [0.3, 0.4) is 0 Å². The van der Waals surface area contributed by atoms with Gasteiger partial charge in [-0.25, -0.2) is 9.59 Å². The number of halogens is 6. The standard InChI is InChI=1S/C17H20F6O8S/c18-16(19,20)15(17(21,22)23,32-31-30-27)12(25)28-6-11(24)29-8-13-2-9-1-10(3-13)5-14(26,4-9)7-13/h9-10,26-27H,1-8H2/p-1. The molecule has 0 saturated heterocycles. The van der Waals surface area contributed by atoms with Crippen LogP contribution >= 0.6 is 12.0 Å². The number of esters is 2. The van der Waals surface area contributed by atoms with E-state index in [9.17, 15) is 46.3 Å². The Kier molecular flexibility index (Phi) is 6.72. The van der Waals surface area contributed by atoms with Crippen LogP contribution in [0.1, 0.15) is 38.5 Å². The second-order valence-electron chi connectivity index (χ2n) is 8.82. The van der Waals surface area contributed by atoms with Crippen LogP contribution in [-0.2, 0) is 28.4 Å². The second-order valence-corrected chi connectivity index (χ2v) is 9.73. The van der Waals surface area contributed by atoms with Gasteiger partial charge in [-0.1, -0.05) is 0 Å². The van der Waals surface area contributed by atoms with Crippen molar-refractivity contribution >= 4 is 24.0 Å². The Morgan fingerprint density at radius 3 is 2.03 bits per heavy atom. The summed E-state index contributed by atoms with van der Waals surface area (Å²) < 4.78 is 85.7. The van der Waals surface area contributed by atoms with Gasteiger partial charge in [0.2, 0.25) is 0 Å². The molecule has 4 fully saturated rings. The molecule has 0 aromatic rings. The minimum Gasteiger partial charge on any atom is -0.691 e. The van der Waals surface area contributed by atoms with Gasteiger partial charge in [0.05, 0.1) is 24.3 Å². The van der Waals surface area contributed by atoms with Crippen LogP contribution in [0.25, 0.3) is 0 Å². The summed E-state index contributed by atoms with van der Waals surface area (Å²) in [6.45, 7) is -1.73. The van der Waals surface area contributed by atoms with Gasteiger partial charge in [0.15, 0.2) is 6.61 Å². The summed E-state index contributed by atoms with van der Waals surface area (Å²) >= 11 is -1.65. The summed E-state index contributed by atoms with van der Waals surface area (Å²) in [7, 11) is 0. The van der Waals surface area contributed by atoms with Gasteiger partial charge in [-0.15, -0.1) is 0 Å². The maximum atomic E-state index is 13.2.